The van der Waals surface area contributed by atoms with Gasteiger partial charge in [0.1, 0.15) is 5.69 Å². The second-order valence-electron chi connectivity index (χ2n) is 3.63. The maximum absolute atomic E-state index is 12.0. The third kappa shape index (κ3) is 2.91. The van der Waals surface area contributed by atoms with Crippen molar-refractivity contribution in [1.29, 1.82) is 0 Å². The van der Waals surface area contributed by atoms with Gasteiger partial charge in [0.05, 0.1) is 6.20 Å². The van der Waals surface area contributed by atoms with Crippen molar-refractivity contribution in [3.8, 4) is 0 Å². The lowest BCUT2D eigenvalue weighted by Crippen LogP contribution is -2.26. The molecule has 0 aliphatic carbocycles. The standard InChI is InChI=1S/C11H11BrN4O/c1-16(7-8-4-14-15-5-8)11(17)10-3-2-9(12)6-13-10/h2-6H,7H2,1H3,(H,14,15). The first-order chi connectivity index (χ1) is 8.16. The fraction of sp³-hybridized carbons (Fsp3) is 0.182. The molecule has 0 spiro atoms. The smallest absolute Gasteiger partial charge is 0.272 e. The lowest BCUT2D eigenvalue weighted by Gasteiger charge is -2.15. The van der Waals surface area contributed by atoms with E-state index in [1.807, 2.05) is 0 Å². The van der Waals surface area contributed by atoms with Gasteiger partial charge in [-0.3, -0.25) is 9.89 Å². The van der Waals surface area contributed by atoms with Gasteiger partial charge in [0.15, 0.2) is 0 Å². The van der Waals surface area contributed by atoms with Gasteiger partial charge in [0.2, 0.25) is 0 Å². The Morgan fingerprint density at radius 2 is 2.29 bits per heavy atom. The lowest BCUT2D eigenvalue weighted by atomic mass is 10.3. The van der Waals surface area contributed by atoms with Gasteiger partial charge in [0, 0.05) is 36.0 Å². The van der Waals surface area contributed by atoms with Crippen LogP contribution in [0.1, 0.15) is 16.1 Å². The van der Waals surface area contributed by atoms with E-state index in [2.05, 4.69) is 31.1 Å². The molecule has 88 valence electrons. The Morgan fingerprint density at radius 3 is 2.88 bits per heavy atom. The highest BCUT2D eigenvalue weighted by molar-refractivity contribution is 9.10. The normalized spacial score (nSPS) is 10.2. The number of aromatic amines is 1. The summed E-state index contributed by atoms with van der Waals surface area (Å²) < 4.78 is 0.853. The first kappa shape index (κ1) is 11.8. The van der Waals surface area contributed by atoms with Crippen LogP contribution in [-0.2, 0) is 6.54 Å². The number of aromatic nitrogens is 3. The minimum Gasteiger partial charge on any atom is -0.336 e. The van der Waals surface area contributed by atoms with E-state index in [4.69, 9.17) is 0 Å². The number of halogens is 1. The zero-order valence-electron chi connectivity index (χ0n) is 9.22. The number of amides is 1. The minimum atomic E-state index is -0.112. The second kappa shape index (κ2) is 5.09. The first-order valence-corrected chi connectivity index (χ1v) is 5.81. The van der Waals surface area contributed by atoms with E-state index in [0.717, 1.165) is 10.0 Å². The highest BCUT2D eigenvalue weighted by atomic mass is 79.9. The number of carbonyl (C=O) groups is 1. The maximum atomic E-state index is 12.0. The molecule has 0 radical (unpaired) electrons. The highest BCUT2D eigenvalue weighted by Crippen LogP contribution is 2.10. The van der Waals surface area contributed by atoms with E-state index >= 15 is 0 Å². The third-order valence-corrected chi connectivity index (χ3v) is 2.74. The van der Waals surface area contributed by atoms with Crippen LogP contribution in [0, 0.1) is 0 Å². The number of carbonyl (C=O) groups excluding carboxylic acids is 1. The Bertz CT molecular complexity index is 495. The number of hydrogen-bond donors (Lipinski definition) is 1. The van der Waals surface area contributed by atoms with Crippen molar-refractivity contribution in [2.75, 3.05) is 7.05 Å². The molecule has 17 heavy (non-hydrogen) atoms. The monoisotopic (exact) mass is 294 g/mol. The van der Waals surface area contributed by atoms with Crippen LogP contribution in [0.2, 0.25) is 0 Å². The summed E-state index contributed by atoms with van der Waals surface area (Å²) in [6.45, 7) is 0.507. The van der Waals surface area contributed by atoms with Crippen LogP contribution in [0.4, 0.5) is 0 Å². The molecule has 0 unspecified atom stereocenters. The molecular formula is C11H11BrN4O. The Hall–Kier alpha value is -1.69. The zero-order valence-corrected chi connectivity index (χ0v) is 10.8. The summed E-state index contributed by atoms with van der Waals surface area (Å²) in [6, 6.07) is 3.49. The molecule has 0 aromatic carbocycles. The number of nitrogens with one attached hydrogen (secondary N) is 1. The van der Waals surface area contributed by atoms with Crippen LogP contribution >= 0.6 is 15.9 Å². The number of nitrogens with zero attached hydrogens (tertiary/aromatic N) is 3. The molecule has 0 fully saturated rings. The molecule has 0 atom stereocenters. The predicted molar refractivity (Wildman–Crippen MR) is 66.3 cm³/mol. The Kier molecular flexibility index (Phi) is 3.53. The summed E-state index contributed by atoms with van der Waals surface area (Å²) in [4.78, 5) is 17.7. The van der Waals surface area contributed by atoms with E-state index < -0.39 is 0 Å². The number of pyridine rings is 1. The molecule has 0 bridgehead atoms. The van der Waals surface area contributed by atoms with Crippen molar-refractivity contribution < 1.29 is 4.79 Å². The molecule has 2 aromatic rings. The molecule has 0 aliphatic rings. The highest BCUT2D eigenvalue weighted by Gasteiger charge is 2.13. The van der Waals surface area contributed by atoms with Crippen molar-refractivity contribution in [3.63, 3.8) is 0 Å². The minimum absolute atomic E-state index is 0.112. The fourth-order valence-corrected chi connectivity index (χ4v) is 1.64. The molecule has 1 amide bonds. The van der Waals surface area contributed by atoms with Crippen molar-refractivity contribution in [2.45, 2.75) is 6.54 Å². The SMILES string of the molecule is CN(Cc1cn[nH]c1)C(=O)c1ccc(Br)cn1. The molecule has 2 heterocycles. The number of hydrogen-bond acceptors (Lipinski definition) is 3. The van der Waals surface area contributed by atoms with Crippen LogP contribution < -0.4 is 0 Å². The summed E-state index contributed by atoms with van der Waals surface area (Å²) in [5.74, 6) is -0.112. The summed E-state index contributed by atoms with van der Waals surface area (Å²) in [6.07, 6.45) is 5.07. The maximum Gasteiger partial charge on any atom is 0.272 e. The van der Waals surface area contributed by atoms with E-state index in [1.165, 1.54) is 0 Å². The van der Waals surface area contributed by atoms with Gasteiger partial charge in [-0.15, -0.1) is 0 Å². The second-order valence-corrected chi connectivity index (χ2v) is 4.55. The van der Waals surface area contributed by atoms with Crippen molar-refractivity contribution >= 4 is 21.8 Å². The molecule has 2 rings (SSSR count). The molecule has 6 heteroatoms. The Balaban J connectivity index is 2.07. The van der Waals surface area contributed by atoms with Crippen LogP contribution in [0.25, 0.3) is 0 Å². The van der Waals surface area contributed by atoms with Crippen LogP contribution in [0.15, 0.2) is 35.2 Å². The predicted octanol–water partition coefficient (Wildman–Crippen LogP) is 1.84. The average molecular weight is 295 g/mol. The van der Waals surface area contributed by atoms with E-state index in [0.29, 0.717) is 12.2 Å². The van der Waals surface area contributed by atoms with Crippen LogP contribution in [0.5, 0.6) is 0 Å². The molecule has 2 aromatic heterocycles. The Labute approximate surface area is 107 Å². The Morgan fingerprint density at radius 1 is 1.47 bits per heavy atom. The zero-order chi connectivity index (χ0) is 12.3. The van der Waals surface area contributed by atoms with Crippen molar-refractivity contribution in [3.05, 3.63) is 46.5 Å². The number of H-pyrrole nitrogens is 1. The molecule has 1 N–H and O–H groups in total. The van der Waals surface area contributed by atoms with Crippen LogP contribution in [0.3, 0.4) is 0 Å². The summed E-state index contributed by atoms with van der Waals surface area (Å²) in [5, 5.41) is 6.55. The summed E-state index contributed by atoms with van der Waals surface area (Å²) in [5.41, 5.74) is 1.39. The molecular weight excluding hydrogens is 284 g/mol. The van der Waals surface area contributed by atoms with Gasteiger partial charge in [-0.05, 0) is 28.1 Å². The number of rotatable bonds is 3. The largest absolute Gasteiger partial charge is 0.336 e. The lowest BCUT2D eigenvalue weighted by molar-refractivity contribution is 0.0779. The van der Waals surface area contributed by atoms with Crippen molar-refractivity contribution in [2.24, 2.45) is 0 Å². The van der Waals surface area contributed by atoms with E-state index in [1.54, 1.807) is 42.7 Å². The van der Waals surface area contributed by atoms with Crippen molar-refractivity contribution in [1.82, 2.24) is 20.1 Å². The van der Waals surface area contributed by atoms with Gasteiger partial charge in [-0.1, -0.05) is 0 Å². The van der Waals surface area contributed by atoms with E-state index in [-0.39, 0.29) is 5.91 Å². The van der Waals surface area contributed by atoms with Gasteiger partial charge in [0.25, 0.3) is 5.91 Å². The topological polar surface area (TPSA) is 61.9 Å². The molecule has 5 nitrogen and oxygen atoms in total. The summed E-state index contributed by atoms with van der Waals surface area (Å²) >= 11 is 3.28. The first-order valence-electron chi connectivity index (χ1n) is 5.01. The van der Waals surface area contributed by atoms with Crippen LogP contribution in [-0.4, -0.2) is 33.0 Å². The average Bonchev–Trinajstić information content (AvgIpc) is 2.82. The van der Waals surface area contributed by atoms with Gasteiger partial charge < -0.3 is 4.90 Å². The summed E-state index contributed by atoms with van der Waals surface area (Å²) in [7, 11) is 1.74. The fourth-order valence-electron chi connectivity index (χ4n) is 1.41. The van der Waals surface area contributed by atoms with Gasteiger partial charge in [-0.2, -0.15) is 5.10 Å². The van der Waals surface area contributed by atoms with E-state index in [9.17, 15) is 4.79 Å². The van der Waals surface area contributed by atoms with Gasteiger partial charge >= 0.3 is 0 Å². The molecule has 0 aliphatic heterocycles. The molecule has 0 saturated heterocycles. The third-order valence-electron chi connectivity index (χ3n) is 2.27. The van der Waals surface area contributed by atoms with Gasteiger partial charge in [-0.25, -0.2) is 4.98 Å². The molecule has 0 saturated carbocycles. The quantitative estimate of drug-likeness (QED) is 0.940.